The molecule has 0 bridgehead atoms. The highest BCUT2D eigenvalue weighted by Crippen LogP contribution is 2.45. The van der Waals surface area contributed by atoms with E-state index in [0.29, 0.717) is 12.5 Å². The van der Waals surface area contributed by atoms with E-state index in [0.717, 1.165) is 6.42 Å². The van der Waals surface area contributed by atoms with Gasteiger partial charge in [-0.1, -0.05) is 13.8 Å². The molecule has 0 aromatic rings. The van der Waals surface area contributed by atoms with Gasteiger partial charge in [0.05, 0.1) is 6.54 Å². The van der Waals surface area contributed by atoms with Crippen LogP contribution < -0.4 is 5.32 Å². The summed E-state index contributed by atoms with van der Waals surface area (Å²) in [6, 6.07) is 0. The van der Waals surface area contributed by atoms with Gasteiger partial charge >= 0.3 is 6.09 Å². The normalized spacial score (nSPS) is 37.2. The first-order valence-electron chi connectivity index (χ1n) is 4.68. The van der Waals surface area contributed by atoms with Gasteiger partial charge in [0.15, 0.2) is 0 Å². The second-order valence-corrected chi connectivity index (χ2v) is 5.92. The Morgan fingerprint density at radius 2 is 2.38 bits per heavy atom. The van der Waals surface area contributed by atoms with E-state index >= 15 is 0 Å². The van der Waals surface area contributed by atoms with Crippen molar-refractivity contribution < 1.29 is 9.53 Å². The molecule has 1 amide bonds. The summed E-state index contributed by atoms with van der Waals surface area (Å²) in [5.74, 6) is 1.70. The molecule has 0 spiro atoms. The van der Waals surface area contributed by atoms with Crippen molar-refractivity contribution in [3.8, 4) is 0 Å². The van der Waals surface area contributed by atoms with Crippen LogP contribution in [0.5, 0.6) is 0 Å². The van der Waals surface area contributed by atoms with Crippen LogP contribution in [0.25, 0.3) is 0 Å². The second kappa shape index (κ2) is 3.08. The molecule has 1 N–H and O–H groups in total. The minimum absolute atomic E-state index is 0.0949. The largest absolute Gasteiger partial charge is 0.444 e. The predicted octanol–water partition coefficient (Wildman–Crippen LogP) is 1.63. The lowest BCUT2D eigenvalue weighted by Gasteiger charge is -2.29. The molecule has 2 rings (SSSR count). The highest BCUT2D eigenvalue weighted by molar-refractivity contribution is 8.00. The Kier molecular flexibility index (Phi) is 2.18. The van der Waals surface area contributed by atoms with Crippen LogP contribution in [0.1, 0.15) is 20.3 Å². The van der Waals surface area contributed by atoms with Gasteiger partial charge in [-0.15, -0.1) is 0 Å². The Balaban J connectivity index is 2.04. The Morgan fingerprint density at radius 1 is 1.62 bits per heavy atom. The van der Waals surface area contributed by atoms with E-state index in [1.165, 1.54) is 5.75 Å². The lowest BCUT2D eigenvalue weighted by Crippen LogP contribution is -2.35. The van der Waals surface area contributed by atoms with Crippen LogP contribution in [-0.2, 0) is 4.74 Å². The molecule has 2 aliphatic rings. The SMILES string of the molecule is CC1(C)SCCC1C1CNC(=O)O1. The number of alkyl carbamates (subject to hydrolysis) is 1. The third-order valence-corrected chi connectivity index (χ3v) is 4.44. The van der Waals surface area contributed by atoms with Crippen LogP contribution in [-0.4, -0.2) is 29.2 Å². The van der Waals surface area contributed by atoms with E-state index in [4.69, 9.17) is 4.74 Å². The van der Waals surface area contributed by atoms with Gasteiger partial charge in [0.1, 0.15) is 6.10 Å². The molecule has 0 aliphatic carbocycles. The molecule has 2 saturated heterocycles. The van der Waals surface area contributed by atoms with Crippen molar-refractivity contribution in [2.75, 3.05) is 12.3 Å². The highest BCUT2D eigenvalue weighted by atomic mass is 32.2. The van der Waals surface area contributed by atoms with Crippen LogP contribution in [0, 0.1) is 5.92 Å². The van der Waals surface area contributed by atoms with Crippen molar-refractivity contribution >= 4 is 17.9 Å². The van der Waals surface area contributed by atoms with Crippen LogP contribution in [0.15, 0.2) is 0 Å². The lowest BCUT2D eigenvalue weighted by atomic mass is 9.87. The molecule has 0 radical (unpaired) electrons. The number of carbonyl (C=O) groups is 1. The van der Waals surface area contributed by atoms with E-state index in [-0.39, 0.29) is 16.9 Å². The van der Waals surface area contributed by atoms with E-state index < -0.39 is 0 Å². The summed E-state index contributed by atoms with van der Waals surface area (Å²) in [6.07, 6.45) is 1.01. The van der Waals surface area contributed by atoms with Crippen molar-refractivity contribution in [3.05, 3.63) is 0 Å². The number of nitrogens with one attached hydrogen (secondary N) is 1. The molecule has 0 aromatic carbocycles. The number of thioether (sulfide) groups is 1. The molecule has 2 unspecified atom stereocenters. The molecule has 2 heterocycles. The fourth-order valence-electron chi connectivity index (χ4n) is 2.17. The summed E-state index contributed by atoms with van der Waals surface area (Å²) in [6.45, 7) is 5.16. The van der Waals surface area contributed by atoms with Crippen LogP contribution in [0.4, 0.5) is 4.79 Å². The average molecular weight is 201 g/mol. The third-order valence-electron chi connectivity index (χ3n) is 2.95. The summed E-state index contributed by atoms with van der Waals surface area (Å²) in [5.41, 5.74) is 0. The van der Waals surface area contributed by atoms with Gasteiger partial charge in [0.2, 0.25) is 0 Å². The van der Waals surface area contributed by atoms with Gasteiger partial charge in [-0.25, -0.2) is 4.79 Å². The van der Waals surface area contributed by atoms with Gasteiger partial charge < -0.3 is 10.1 Å². The van der Waals surface area contributed by atoms with Gasteiger partial charge in [-0.2, -0.15) is 11.8 Å². The Labute approximate surface area is 82.6 Å². The van der Waals surface area contributed by atoms with Gasteiger partial charge in [0, 0.05) is 10.7 Å². The third kappa shape index (κ3) is 1.64. The first kappa shape index (κ1) is 9.19. The van der Waals surface area contributed by atoms with Crippen molar-refractivity contribution in [1.29, 1.82) is 0 Å². The number of rotatable bonds is 1. The molecule has 2 atom stereocenters. The predicted molar refractivity (Wildman–Crippen MR) is 52.9 cm³/mol. The zero-order valence-electron chi connectivity index (χ0n) is 8.00. The molecule has 4 heteroatoms. The summed E-state index contributed by atoms with van der Waals surface area (Å²) in [4.78, 5) is 10.9. The van der Waals surface area contributed by atoms with Crippen LogP contribution in [0.3, 0.4) is 0 Å². The number of hydrogen-bond donors (Lipinski definition) is 1. The van der Waals surface area contributed by atoms with Crippen LogP contribution >= 0.6 is 11.8 Å². The zero-order valence-corrected chi connectivity index (χ0v) is 8.82. The lowest BCUT2D eigenvalue weighted by molar-refractivity contribution is 0.0953. The average Bonchev–Trinajstić information content (AvgIpc) is 2.56. The molecule has 13 heavy (non-hydrogen) atoms. The smallest absolute Gasteiger partial charge is 0.407 e. The molecule has 2 aliphatic heterocycles. The number of hydrogen-bond acceptors (Lipinski definition) is 3. The summed E-state index contributed by atoms with van der Waals surface area (Å²) >= 11 is 1.98. The van der Waals surface area contributed by atoms with Crippen molar-refractivity contribution in [3.63, 3.8) is 0 Å². The first-order chi connectivity index (χ1) is 6.09. The number of ether oxygens (including phenoxy) is 1. The summed E-state index contributed by atoms with van der Waals surface area (Å²) in [5, 5.41) is 2.71. The van der Waals surface area contributed by atoms with E-state index in [9.17, 15) is 4.79 Å². The molecule has 0 saturated carbocycles. The van der Waals surface area contributed by atoms with Crippen molar-refractivity contribution in [2.45, 2.75) is 31.1 Å². The second-order valence-electron chi connectivity index (χ2n) is 4.17. The van der Waals surface area contributed by atoms with Gasteiger partial charge in [-0.3, -0.25) is 0 Å². The van der Waals surface area contributed by atoms with Gasteiger partial charge in [-0.05, 0) is 12.2 Å². The summed E-state index contributed by atoms with van der Waals surface area (Å²) < 4.78 is 5.48. The number of carbonyl (C=O) groups excluding carboxylic acids is 1. The minimum Gasteiger partial charge on any atom is -0.444 e. The van der Waals surface area contributed by atoms with Crippen molar-refractivity contribution in [2.24, 2.45) is 5.92 Å². The minimum atomic E-state index is -0.252. The van der Waals surface area contributed by atoms with Gasteiger partial charge in [0.25, 0.3) is 0 Å². The standard InChI is InChI=1S/C9H15NO2S/c1-9(2)6(3-4-13-9)7-5-10-8(11)12-7/h6-7H,3-5H2,1-2H3,(H,10,11). The topological polar surface area (TPSA) is 38.3 Å². The van der Waals surface area contributed by atoms with E-state index in [1.807, 2.05) is 11.8 Å². The number of amides is 1. The van der Waals surface area contributed by atoms with Crippen LogP contribution in [0.2, 0.25) is 0 Å². The first-order valence-corrected chi connectivity index (χ1v) is 5.66. The highest BCUT2D eigenvalue weighted by Gasteiger charge is 2.43. The maximum Gasteiger partial charge on any atom is 0.407 e. The molecule has 74 valence electrons. The fourth-order valence-corrected chi connectivity index (χ4v) is 3.55. The molecular formula is C9H15NO2S. The van der Waals surface area contributed by atoms with E-state index in [1.54, 1.807) is 0 Å². The molecule has 2 fully saturated rings. The maximum absolute atomic E-state index is 10.9. The monoisotopic (exact) mass is 201 g/mol. The Hall–Kier alpha value is -0.380. The number of cyclic esters (lactones) is 1. The van der Waals surface area contributed by atoms with E-state index in [2.05, 4.69) is 19.2 Å². The Morgan fingerprint density at radius 3 is 2.85 bits per heavy atom. The Bertz CT molecular complexity index is 230. The molecule has 0 aromatic heterocycles. The molecular weight excluding hydrogens is 186 g/mol. The maximum atomic E-state index is 10.9. The fraction of sp³-hybridized carbons (Fsp3) is 0.889. The summed E-state index contributed by atoms with van der Waals surface area (Å²) in [7, 11) is 0. The molecule has 3 nitrogen and oxygen atoms in total. The van der Waals surface area contributed by atoms with Crippen molar-refractivity contribution in [1.82, 2.24) is 5.32 Å². The zero-order chi connectivity index (χ0) is 9.47. The quantitative estimate of drug-likeness (QED) is 0.700.